The first-order valence-corrected chi connectivity index (χ1v) is 6.77. The quantitative estimate of drug-likeness (QED) is 0.785. The Morgan fingerprint density at radius 1 is 1.30 bits per heavy atom. The fourth-order valence-corrected chi connectivity index (χ4v) is 2.15. The topological polar surface area (TPSA) is 91.3 Å². The molecule has 1 unspecified atom stereocenters. The number of anilines is 1. The van der Waals surface area contributed by atoms with E-state index in [4.69, 9.17) is 5.11 Å². The van der Waals surface area contributed by atoms with E-state index in [2.05, 4.69) is 15.6 Å². The van der Waals surface area contributed by atoms with E-state index < -0.39 is 18.0 Å². The lowest BCUT2D eigenvalue weighted by molar-refractivity contribution is -0.139. The van der Waals surface area contributed by atoms with Gasteiger partial charge in [0.25, 0.3) is 0 Å². The maximum atomic E-state index is 11.7. The molecule has 0 spiro atoms. The molecule has 104 valence electrons. The Morgan fingerprint density at radius 3 is 2.65 bits per heavy atom. The van der Waals surface area contributed by atoms with Gasteiger partial charge in [0.05, 0.1) is 0 Å². The second kappa shape index (κ2) is 6.67. The van der Waals surface area contributed by atoms with Crippen molar-refractivity contribution < 1.29 is 14.7 Å². The van der Waals surface area contributed by atoms with Crippen LogP contribution in [0.5, 0.6) is 0 Å². The van der Waals surface area contributed by atoms with Crippen molar-refractivity contribution in [2.24, 2.45) is 0 Å². The first kappa shape index (κ1) is 14.0. The van der Waals surface area contributed by atoms with Crippen molar-refractivity contribution in [3.05, 3.63) is 47.5 Å². The van der Waals surface area contributed by atoms with Crippen molar-refractivity contribution in [3.63, 3.8) is 0 Å². The maximum absolute atomic E-state index is 11.7. The third kappa shape index (κ3) is 4.06. The van der Waals surface area contributed by atoms with E-state index in [1.54, 1.807) is 11.6 Å². The van der Waals surface area contributed by atoms with Gasteiger partial charge in [0.1, 0.15) is 6.04 Å². The third-order valence-electron chi connectivity index (χ3n) is 2.54. The highest BCUT2D eigenvalue weighted by Gasteiger charge is 2.20. The fourth-order valence-electron chi connectivity index (χ4n) is 1.63. The molecule has 1 heterocycles. The average molecular weight is 291 g/mol. The minimum atomic E-state index is -1.08. The summed E-state index contributed by atoms with van der Waals surface area (Å²) in [5.74, 6) is -1.08. The molecule has 0 bridgehead atoms. The predicted octanol–water partition coefficient (Wildman–Crippen LogP) is 1.96. The molecule has 6 nitrogen and oxygen atoms in total. The van der Waals surface area contributed by atoms with Crippen molar-refractivity contribution >= 4 is 28.5 Å². The molecule has 0 radical (unpaired) electrons. The summed E-state index contributed by atoms with van der Waals surface area (Å²) < 4.78 is 0. The van der Waals surface area contributed by atoms with E-state index in [-0.39, 0.29) is 6.42 Å². The van der Waals surface area contributed by atoms with E-state index in [1.165, 1.54) is 11.3 Å². The minimum absolute atomic E-state index is 0.224. The van der Waals surface area contributed by atoms with Crippen molar-refractivity contribution in [2.75, 3.05) is 5.32 Å². The standard InChI is InChI=1S/C13H13N3O3S/c17-11(18)10(8-9-4-2-1-3-5-9)15-12(19)16-13-14-6-7-20-13/h1-7,10H,8H2,(H,17,18)(H2,14,15,16,19). The van der Waals surface area contributed by atoms with Crippen LogP contribution in [0.2, 0.25) is 0 Å². The summed E-state index contributed by atoms with van der Waals surface area (Å²) in [7, 11) is 0. The Morgan fingerprint density at radius 2 is 2.05 bits per heavy atom. The number of thiazole rings is 1. The van der Waals surface area contributed by atoms with Crippen LogP contribution in [-0.4, -0.2) is 28.1 Å². The van der Waals surface area contributed by atoms with Crippen LogP contribution in [0.15, 0.2) is 41.9 Å². The number of benzene rings is 1. The number of nitrogens with zero attached hydrogens (tertiary/aromatic N) is 1. The highest BCUT2D eigenvalue weighted by Crippen LogP contribution is 2.10. The van der Waals surface area contributed by atoms with Gasteiger partial charge in [0.15, 0.2) is 5.13 Å². The van der Waals surface area contributed by atoms with Gasteiger partial charge in [-0.2, -0.15) is 0 Å². The monoisotopic (exact) mass is 291 g/mol. The van der Waals surface area contributed by atoms with Crippen LogP contribution in [0.3, 0.4) is 0 Å². The molecule has 3 N–H and O–H groups in total. The Bertz CT molecular complexity index is 572. The van der Waals surface area contributed by atoms with Gasteiger partial charge in [0, 0.05) is 18.0 Å². The molecule has 2 rings (SSSR count). The van der Waals surface area contributed by atoms with Gasteiger partial charge in [-0.25, -0.2) is 14.6 Å². The Kier molecular flexibility index (Phi) is 4.67. The van der Waals surface area contributed by atoms with Crippen molar-refractivity contribution in [3.8, 4) is 0 Å². The summed E-state index contributed by atoms with van der Waals surface area (Å²) in [4.78, 5) is 26.8. The lowest BCUT2D eigenvalue weighted by atomic mass is 10.1. The zero-order chi connectivity index (χ0) is 14.4. The molecule has 0 aliphatic rings. The number of rotatable bonds is 5. The first-order valence-electron chi connectivity index (χ1n) is 5.89. The highest BCUT2D eigenvalue weighted by molar-refractivity contribution is 7.13. The summed E-state index contributed by atoms with van der Waals surface area (Å²) in [5.41, 5.74) is 0.842. The van der Waals surface area contributed by atoms with Crippen LogP contribution in [0, 0.1) is 0 Å². The number of carbonyl (C=O) groups excluding carboxylic acids is 1. The van der Waals surface area contributed by atoms with Crippen molar-refractivity contribution in [1.82, 2.24) is 10.3 Å². The maximum Gasteiger partial charge on any atom is 0.326 e. The van der Waals surface area contributed by atoms with E-state index in [1.807, 2.05) is 30.3 Å². The normalized spacial score (nSPS) is 11.6. The van der Waals surface area contributed by atoms with E-state index in [9.17, 15) is 9.59 Å². The number of aromatic nitrogens is 1. The summed E-state index contributed by atoms with van der Waals surface area (Å²) >= 11 is 1.26. The van der Waals surface area contributed by atoms with Crippen LogP contribution in [0.4, 0.5) is 9.93 Å². The molecule has 0 aliphatic carbocycles. The van der Waals surface area contributed by atoms with Gasteiger partial charge in [0.2, 0.25) is 0 Å². The summed E-state index contributed by atoms with van der Waals surface area (Å²) in [6, 6.07) is 7.56. The van der Waals surface area contributed by atoms with Gasteiger partial charge in [-0.05, 0) is 5.56 Å². The van der Waals surface area contributed by atoms with E-state index in [0.717, 1.165) is 5.56 Å². The molecule has 0 saturated heterocycles. The Hall–Kier alpha value is -2.41. The molecule has 2 aromatic rings. The molecule has 1 aromatic heterocycles. The lowest BCUT2D eigenvalue weighted by Gasteiger charge is -2.14. The predicted molar refractivity (Wildman–Crippen MR) is 75.8 cm³/mol. The molecule has 0 aliphatic heterocycles. The number of hydrogen-bond donors (Lipinski definition) is 3. The molecule has 7 heteroatoms. The number of amides is 2. The van der Waals surface area contributed by atoms with Crippen LogP contribution >= 0.6 is 11.3 Å². The molecule has 1 aromatic carbocycles. The summed E-state index contributed by atoms with van der Waals surface area (Å²) in [6.45, 7) is 0. The highest BCUT2D eigenvalue weighted by atomic mass is 32.1. The minimum Gasteiger partial charge on any atom is -0.480 e. The molecule has 0 saturated carbocycles. The number of aliphatic carboxylic acids is 1. The molecule has 20 heavy (non-hydrogen) atoms. The SMILES string of the molecule is O=C(Nc1nccs1)NC(Cc1ccccc1)C(=O)O. The van der Waals surface area contributed by atoms with Crippen LogP contribution in [0.25, 0.3) is 0 Å². The number of carboxylic acid groups (broad SMARTS) is 1. The van der Waals surface area contributed by atoms with Gasteiger partial charge < -0.3 is 10.4 Å². The van der Waals surface area contributed by atoms with Crippen LogP contribution in [0.1, 0.15) is 5.56 Å². The average Bonchev–Trinajstić information content (AvgIpc) is 2.92. The fraction of sp³-hybridized carbons (Fsp3) is 0.154. The Labute approximate surface area is 119 Å². The van der Waals surface area contributed by atoms with Gasteiger partial charge in [-0.3, -0.25) is 5.32 Å². The first-order chi connectivity index (χ1) is 9.65. The molecule has 2 amide bonds. The van der Waals surface area contributed by atoms with Gasteiger partial charge in [-0.1, -0.05) is 30.3 Å². The van der Waals surface area contributed by atoms with Gasteiger partial charge >= 0.3 is 12.0 Å². The smallest absolute Gasteiger partial charge is 0.326 e. The molecular weight excluding hydrogens is 278 g/mol. The number of nitrogens with one attached hydrogen (secondary N) is 2. The van der Waals surface area contributed by atoms with E-state index in [0.29, 0.717) is 5.13 Å². The molecule has 1 atom stereocenters. The second-order valence-corrected chi connectivity index (χ2v) is 4.91. The summed E-state index contributed by atoms with van der Waals surface area (Å²) in [6.07, 6.45) is 1.78. The number of carboxylic acids is 1. The number of hydrogen-bond acceptors (Lipinski definition) is 4. The third-order valence-corrected chi connectivity index (χ3v) is 3.23. The zero-order valence-electron chi connectivity index (χ0n) is 10.4. The van der Waals surface area contributed by atoms with E-state index >= 15 is 0 Å². The van der Waals surface area contributed by atoms with Crippen LogP contribution < -0.4 is 10.6 Å². The largest absolute Gasteiger partial charge is 0.480 e. The second-order valence-electron chi connectivity index (χ2n) is 4.02. The zero-order valence-corrected chi connectivity index (χ0v) is 11.3. The van der Waals surface area contributed by atoms with Crippen LogP contribution in [-0.2, 0) is 11.2 Å². The lowest BCUT2D eigenvalue weighted by Crippen LogP contribution is -2.44. The Balaban J connectivity index is 1.95. The number of carbonyl (C=O) groups is 2. The summed E-state index contributed by atoms with van der Waals surface area (Å²) in [5, 5.41) is 16.2. The molecular formula is C13H13N3O3S. The number of urea groups is 1. The van der Waals surface area contributed by atoms with Crippen molar-refractivity contribution in [2.45, 2.75) is 12.5 Å². The van der Waals surface area contributed by atoms with Crippen molar-refractivity contribution in [1.29, 1.82) is 0 Å². The molecule has 0 fully saturated rings. The van der Waals surface area contributed by atoms with Gasteiger partial charge in [-0.15, -0.1) is 11.3 Å².